The van der Waals surface area contributed by atoms with E-state index in [1.54, 1.807) is 13.2 Å². The van der Waals surface area contributed by atoms with Crippen molar-refractivity contribution in [1.82, 2.24) is 9.80 Å². The highest BCUT2D eigenvalue weighted by atomic mass is 19.4. The van der Waals surface area contributed by atoms with Crippen LogP contribution in [0.3, 0.4) is 0 Å². The SMILES string of the molecule is COc1ccc(CC(=O)N2CCC(CC(=O)O)C(CCN3CCN(c4cccc(C(F)(F)F)c4)CC3)C2)cc1. The minimum absolute atomic E-state index is 0.0129. The van der Waals surface area contributed by atoms with Gasteiger partial charge in [-0.25, -0.2) is 0 Å². The molecular formula is C29H36F3N3O4. The molecule has 1 amide bonds. The molecule has 2 aromatic carbocycles. The Bertz CT molecular complexity index is 1120. The van der Waals surface area contributed by atoms with E-state index >= 15 is 0 Å². The minimum atomic E-state index is -4.37. The molecule has 4 rings (SSSR count). The van der Waals surface area contributed by atoms with Crippen LogP contribution in [0.2, 0.25) is 0 Å². The standard InChI is InChI=1S/C29H36F3N3O4/c1-39-26-7-5-21(6-8-26)17-27(36)35-12-10-22(18-28(37)38)23(20-35)9-11-33-13-15-34(16-14-33)25-4-2-3-24(19-25)29(30,31)32/h2-8,19,22-23H,9-18,20H2,1H3,(H,37,38). The van der Waals surface area contributed by atoms with Gasteiger partial charge in [0.2, 0.25) is 5.91 Å². The zero-order valence-electron chi connectivity index (χ0n) is 22.2. The molecule has 2 saturated heterocycles. The third-order valence-corrected chi connectivity index (χ3v) is 7.92. The molecule has 10 heteroatoms. The first-order valence-corrected chi connectivity index (χ1v) is 13.4. The number of hydrogen-bond acceptors (Lipinski definition) is 5. The van der Waals surface area contributed by atoms with Gasteiger partial charge in [-0.2, -0.15) is 13.2 Å². The Labute approximate surface area is 227 Å². The van der Waals surface area contributed by atoms with Crippen LogP contribution in [0.1, 0.15) is 30.4 Å². The quantitative estimate of drug-likeness (QED) is 0.502. The van der Waals surface area contributed by atoms with E-state index in [2.05, 4.69) is 4.90 Å². The maximum atomic E-state index is 13.1. The van der Waals surface area contributed by atoms with Crippen molar-refractivity contribution in [2.75, 3.05) is 57.8 Å². The maximum absolute atomic E-state index is 13.1. The number of nitrogens with zero attached hydrogens (tertiary/aromatic N) is 3. The number of hydrogen-bond donors (Lipinski definition) is 1. The Hall–Kier alpha value is -3.27. The zero-order chi connectivity index (χ0) is 28.0. The van der Waals surface area contributed by atoms with Gasteiger partial charge in [0.05, 0.1) is 19.1 Å². The fraction of sp³-hybridized carbons (Fsp3) is 0.517. The monoisotopic (exact) mass is 547 g/mol. The summed E-state index contributed by atoms with van der Waals surface area (Å²) < 4.78 is 44.5. The second-order valence-electron chi connectivity index (χ2n) is 10.4. The van der Waals surface area contributed by atoms with Crippen LogP contribution >= 0.6 is 0 Å². The van der Waals surface area contributed by atoms with E-state index < -0.39 is 17.7 Å². The number of carbonyl (C=O) groups excluding carboxylic acids is 1. The number of ether oxygens (including phenoxy) is 1. The van der Waals surface area contributed by atoms with Crippen molar-refractivity contribution in [2.45, 2.75) is 31.9 Å². The number of likely N-dealkylation sites (tertiary alicyclic amines) is 1. The van der Waals surface area contributed by atoms with Gasteiger partial charge in [0, 0.05) is 51.4 Å². The van der Waals surface area contributed by atoms with Gasteiger partial charge in [-0.1, -0.05) is 18.2 Å². The molecule has 0 radical (unpaired) electrons. The van der Waals surface area contributed by atoms with E-state index in [0.717, 1.165) is 30.3 Å². The molecule has 0 aliphatic carbocycles. The van der Waals surface area contributed by atoms with Gasteiger partial charge in [0.1, 0.15) is 5.75 Å². The van der Waals surface area contributed by atoms with Crippen molar-refractivity contribution in [3.05, 3.63) is 59.7 Å². The molecule has 1 N–H and O–H groups in total. The largest absolute Gasteiger partial charge is 0.497 e. The number of amides is 1. The number of carboxylic acid groups (broad SMARTS) is 1. The van der Waals surface area contributed by atoms with Crippen molar-refractivity contribution in [2.24, 2.45) is 11.8 Å². The van der Waals surface area contributed by atoms with Crippen LogP contribution < -0.4 is 9.64 Å². The lowest BCUT2D eigenvalue weighted by Crippen LogP contribution is -2.49. The molecule has 2 atom stereocenters. The van der Waals surface area contributed by atoms with Gasteiger partial charge >= 0.3 is 12.1 Å². The molecule has 7 nitrogen and oxygen atoms in total. The third kappa shape index (κ3) is 7.88. The molecule has 2 aliphatic heterocycles. The summed E-state index contributed by atoms with van der Waals surface area (Å²) in [6, 6.07) is 12.9. The number of alkyl halides is 3. The Kier molecular flexibility index (Phi) is 9.37. The summed E-state index contributed by atoms with van der Waals surface area (Å²) in [4.78, 5) is 30.7. The van der Waals surface area contributed by atoms with Crippen LogP contribution in [0.25, 0.3) is 0 Å². The van der Waals surface area contributed by atoms with Crippen LogP contribution in [-0.4, -0.2) is 79.7 Å². The smallest absolute Gasteiger partial charge is 0.416 e. The highest BCUT2D eigenvalue weighted by molar-refractivity contribution is 5.79. The van der Waals surface area contributed by atoms with E-state index in [1.165, 1.54) is 12.1 Å². The predicted octanol–water partition coefficient (Wildman–Crippen LogP) is 4.41. The van der Waals surface area contributed by atoms with Gasteiger partial charge in [-0.3, -0.25) is 14.5 Å². The first-order chi connectivity index (χ1) is 18.6. The number of piperidine rings is 1. The fourth-order valence-corrected chi connectivity index (χ4v) is 5.61. The molecule has 212 valence electrons. The number of methoxy groups -OCH3 is 1. The maximum Gasteiger partial charge on any atom is 0.416 e. The highest BCUT2D eigenvalue weighted by Gasteiger charge is 2.34. The number of carbonyl (C=O) groups is 2. The van der Waals surface area contributed by atoms with Crippen LogP contribution in [0, 0.1) is 11.8 Å². The molecular weight excluding hydrogens is 511 g/mol. The van der Waals surface area contributed by atoms with E-state index in [4.69, 9.17) is 4.74 Å². The Balaban J connectivity index is 1.31. The van der Waals surface area contributed by atoms with Gasteiger partial charge in [-0.15, -0.1) is 0 Å². The van der Waals surface area contributed by atoms with Crippen LogP contribution in [-0.2, 0) is 22.2 Å². The number of anilines is 1. The lowest BCUT2D eigenvalue weighted by atomic mass is 9.81. The molecule has 0 bridgehead atoms. The molecule has 39 heavy (non-hydrogen) atoms. The first-order valence-electron chi connectivity index (χ1n) is 13.4. The summed E-state index contributed by atoms with van der Waals surface area (Å²) in [6.45, 7) is 4.53. The number of carboxylic acids is 1. The number of rotatable bonds is 9. The summed E-state index contributed by atoms with van der Waals surface area (Å²) in [5, 5.41) is 9.44. The van der Waals surface area contributed by atoms with Crippen molar-refractivity contribution in [1.29, 1.82) is 0 Å². The number of halogens is 3. The lowest BCUT2D eigenvalue weighted by Gasteiger charge is -2.40. The molecule has 0 spiro atoms. The topological polar surface area (TPSA) is 73.3 Å². The number of piperazine rings is 1. The molecule has 2 aromatic rings. The lowest BCUT2D eigenvalue weighted by molar-refractivity contribution is -0.140. The second-order valence-corrected chi connectivity index (χ2v) is 10.4. The summed E-state index contributed by atoms with van der Waals surface area (Å²) in [5.41, 5.74) is 0.836. The Morgan fingerprint density at radius 3 is 2.36 bits per heavy atom. The summed E-state index contributed by atoms with van der Waals surface area (Å²) >= 11 is 0. The minimum Gasteiger partial charge on any atom is -0.497 e. The van der Waals surface area contributed by atoms with E-state index in [-0.39, 0.29) is 30.6 Å². The van der Waals surface area contributed by atoms with Crippen molar-refractivity contribution >= 4 is 17.6 Å². The molecule has 2 unspecified atom stereocenters. The molecule has 2 aliphatic rings. The molecule has 0 aromatic heterocycles. The van der Waals surface area contributed by atoms with Crippen molar-refractivity contribution < 1.29 is 32.6 Å². The third-order valence-electron chi connectivity index (χ3n) is 7.92. The first kappa shape index (κ1) is 28.7. The average molecular weight is 548 g/mol. The number of benzene rings is 2. The zero-order valence-corrected chi connectivity index (χ0v) is 22.2. The van der Waals surface area contributed by atoms with Crippen LogP contribution in [0.5, 0.6) is 5.75 Å². The highest BCUT2D eigenvalue weighted by Crippen LogP contribution is 2.33. The summed E-state index contributed by atoms with van der Waals surface area (Å²) in [7, 11) is 1.60. The van der Waals surface area contributed by atoms with Gasteiger partial charge in [0.25, 0.3) is 0 Å². The summed E-state index contributed by atoms with van der Waals surface area (Å²) in [6.07, 6.45) is -2.55. The summed E-state index contributed by atoms with van der Waals surface area (Å²) in [5.74, 6) is 0.0397. The van der Waals surface area contributed by atoms with E-state index in [9.17, 15) is 27.9 Å². The van der Waals surface area contributed by atoms with Gasteiger partial charge in [-0.05, 0) is 67.1 Å². The molecule has 2 heterocycles. The molecule has 2 fully saturated rings. The second kappa shape index (κ2) is 12.7. The average Bonchev–Trinajstić information content (AvgIpc) is 2.92. The molecule has 0 saturated carbocycles. The Morgan fingerprint density at radius 1 is 1.00 bits per heavy atom. The predicted molar refractivity (Wildman–Crippen MR) is 142 cm³/mol. The van der Waals surface area contributed by atoms with E-state index in [1.807, 2.05) is 34.1 Å². The normalized spacial score (nSPS) is 20.6. The fourth-order valence-electron chi connectivity index (χ4n) is 5.61. The van der Waals surface area contributed by atoms with Crippen molar-refractivity contribution in [3.8, 4) is 5.75 Å². The van der Waals surface area contributed by atoms with Crippen molar-refractivity contribution in [3.63, 3.8) is 0 Å². The number of aliphatic carboxylic acids is 1. The Morgan fingerprint density at radius 2 is 1.72 bits per heavy atom. The van der Waals surface area contributed by atoms with Gasteiger partial charge in [0.15, 0.2) is 0 Å². The van der Waals surface area contributed by atoms with Gasteiger partial charge < -0.3 is 19.6 Å². The van der Waals surface area contributed by atoms with Crippen LogP contribution in [0.15, 0.2) is 48.5 Å². The van der Waals surface area contributed by atoms with E-state index in [0.29, 0.717) is 51.4 Å². The van der Waals surface area contributed by atoms with Crippen LogP contribution in [0.4, 0.5) is 18.9 Å².